The summed E-state index contributed by atoms with van der Waals surface area (Å²) < 4.78 is 40.4. The van der Waals surface area contributed by atoms with Crippen LogP contribution in [0.25, 0.3) is 5.69 Å². The van der Waals surface area contributed by atoms with Crippen LogP contribution in [0.3, 0.4) is 0 Å². The molecule has 21 heavy (non-hydrogen) atoms. The van der Waals surface area contributed by atoms with Gasteiger partial charge in [-0.3, -0.25) is 4.79 Å². The number of rotatable bonds is 3. The van der Waals surface area contributed by atoms with Crippen LogP contribution in [0.5, 0.6) is 0 Å². The number of halogens is 3. The van der Waals surface area contributed by atoms with E-state index in [1.54, 1.807) is 19.1 Å². The zero-order chi connectivity index (χ0) is 15.8. The number of carbonyl (C=O) groups is 1. The number of aliphatic carboxylic acids is 1. The third-order valence-electron chi connectivity index (χ3n) is 3.19. The number of carboxylic acids is 1. The molecule has 0 spiro atoms. The highest BCUT2D eigenvalue weighted by molar-refractivity contribution is 5.70. The first-order valence-electron chi connectivity index (χ1n) is 6.13. The Morgan fingerprint density at radius 2 is 1.95 bits per heavy atom. The second kappa shape index (κ2) is 5.23. The molecule has 0 unspecified atom stereocenters. The number of hydrogen-bond acceptors (Lipinski definition) is 2. The first kappa shape index (κ1) is 15.1. The van der Waals surface area contributed by atoms with E-state index in [2.05, 4.69) is 5.10 Å². The summed E-state index contributed by atoms with van der Waals surface area (Å²) in [7, 11) is 0. The van der Waals surface area contributed by atoms with Crippen molar-refractivity contribution in [2.75, 3.05) is 0 Å². The van der Waals surface area contributed by atoms with E-state index in [-0.39, 0.29) is 11.3 Å². The van der Waals surface area contributed by atoms with Gasteiger partial charge < -0.3 is 5.11 Å². The summed E-state index contributed by atoms with van der Waals surface area (Å²) in [6, 6.07) is 4.81. The lowest BCUT2D eigenvalue weighted by atomic mass is 10.1. The molecule has 4 nitrogen and oxygen atoms in total. The Morgan fingerprint density at radius 3 is 2.48 bits per heavy atom. The van der Waals surface area contributed by atoms with Gasteiger partial charge in [0, 0.05) is 5.56 Å². The van der Waals surface area contributed by atoms with Gasteiger partial charge in [0.05, 0.1) is 18.3 Å². The van der Waals surface area contributed by atoms with E-state index in [0.717, 1.165) is 22.0 Å². The van der Waals surface area contributed by atoms with Crippen LogP contribution in [0.4, 0.5) is 13.2 Å². The molecule has 0 bridgehead atoms. The van der Waals surface area contributed by atoms with Gasteiger partial charge in [-0.2, -0.15) is 18.3 Å². The van der Waals surface area contributed by atoms with Crippen molar-refractivity contribution in [3.8, 4) is 5.69 Å². The Balaban J connectivity index is 2.60. The fourth-order valence-corrected chi connectivity index (χ4v) is 2.03. The molecular formula is C14H13F3N2O2. The third kappa shape index (κ3) is 3.07. The zero-order valence-corrected chi connectivity index (χ0v) is 11.4. The second-order valence-corrected chi connectivity index (χ2v) is 4.77. The van der Waals surface area contributed by atoms with Gasteiger partial charge in [0.1, 0.15) is 0 Å². The highest BCUT2D eigenvalue weighted by Gasteiger charge is 2.39. The standard InChI is InChI=1S/C14H13F3N2O2/c1-8-3-4-11(5-9(8)2)19-13(14(15,16)17)10(7-18-19)6-12(20)21/h3-5,7H,6H2,1-2H3,(H,20,21). The molecule has 1 N–H and O–H groups in total. The third-order valence-corrected chi connectivity index (χ3v) is 3.19. The summed E-state index contributed by atoms with van der Waals surface area (Å²) in [5, 5.41) is 12.4. The van der Waals surface area contributed by atoms with E-state index in [0.29, 0.717) is 0 Å². The minimum absolute atomic E-state index is 0.252. The molecule has 1 heterocycles. The summed E-state index contributed by atoms with van der Waals surface area (Å²) in [5.41, 5.74) is 0.629. The highest BCUT2D eigenvalue weighted by atomic mass is 19.4. The molecular weight excluding hydrogens is 285 g/mol. The van der Waals surface area contributed by atoms with Crippen LogP contribution in [0, 0.1) is 13.8 Å². The largest absolute Gasteiger partial charge is 0.481 e. The van der Waals surface area contributed by atoms with Crippen LogP contribution >= 0.6 is 0 Å². The molecule has 0 radical (unpaired) electrons. The van der Waals surface area contributed by atoms with Gasteiger partial charge in [-0.15, -0.1) is 0 Å². The van der Waals surface area contributed by atoms with Crippen molar-refractivity contribution in [3.63, 3.8) is 0 Å². The fourth-order valence-electron chi connectivity index (χ4n) is 2.03. The van der Waals surface area contributed by atoms with E-state index < -0.39 is 24.3 Å². The molecule has 7 heteroatoms. The zero-order valence-electron chi connectivity index (χ0n) is 11.4. The number of hydrogen-bond donors (Lipinski definition) is 1. The molecule has 0 atom stereocenters. The molecule has 112 valence electrons. The molecule has 0 fully saturated rings. The summed E-state index contributed by atoms with van der Waals surface area (Å²) in [6.45, 7) is 3.64. The molecule has 2 rings (SSSR count). The van der Waals surface area contributed by atoms with Gasteiger partial charge in [0.15, 0.2) is 5.69 Å². The normalized spacial score (nSPS) is 11.7. The summed E-state index contributed by atoms with van der Waals surface area (Å²) in [4.78, 5) is 10.7. The number of carboxylic acid groups (broad SMARTS) is 1. The van der Waals surface area contributed by atoms with Crippen molar-refractivity contribution in [1.82, 2.24) is 9.78 Å². The number of benzene rings is 1. The Hall–Kier alpha value is -2.31. The summed E-state index contributed by atoms with van der Waals surface area (Å²) in [6.07, 6.45) is -4.45. The Morgan fingerprint density at radius 1 is 1.29 bits per heavy atom. The maximum absolute atomic E-state index is 13.2. The molecule has 0 amide bonds. The predicted octanol–water partition coefficient (Wildman–Crippen LogP) is 3.14. The maximum Gasteiger partial charge on any atom is 0.433 e. The average molecular weight is 298 g/mol. The minimum atomic E-state index is -4.68. The summed E-state index contributed by atoms with van der Waals surface area (Å²) >= 11 is 0. The molecule has 0 saturated carbocycles. The van der Waals surface area contributed by atoms with Gasteiger partial charge in [-0.1, -0.05) is 6.07 Å². The monoisotopic (exact) mass is 298 g/mol. The van der Waals surface area contributed by atoms with Gasteiger partial charge in [-0.05, 0) is 37.1 Å². The minimum Gasteiger partial charge on any atom is -0.481 e. The lowest BCUT2D eigenvalue weighted by molar-refractivity contribution is -0.144. The first-order chi connectivity index (χ1) is 9.70. The molecule has 0 aliphatic carbocycles. The fraction of sp³-hybridized carbons (Fsp3) is 0.286. The van der Waals surface area contributed by atoms with E-state index in [1.807, 2.05) is 6.92 Å². The molecule has 2 aromatic rings. The Kier molecular flexibility index (Phi) is 3.76. The van der Waals surface area contributed by atoms with E-state index in [9.17, 15) is 18.0 Å². The Labute approximate surface area is 118 Å². The second-order valence-electron chi connectivity index (χ2n) is 4.77. The topological polar surface area (TPSA) is 55.1 Å². The van der Waals surface area contributed by atoms with Gasteiger partial charge >= 0.3 is 12.1 Å². The van der Waals surface area contributed by atoms with E-state index in [4.69, 9.17) is 5.11 Å². The maximum atomic E-state index is 13.2. The lowest BCUT2D eigenvalue weighted by Crippen LogP contribution is -2.17. The van der Waals surface area contributed by atoms with Crippen LogP contribution < -0.4 is 0 Å². The molecule has 1 aromatic heterocycles. The predicted molar refractivity (Wildman–Crippen MR) is 69.4 cm³/mol. The van der Waals surface area contributed by atoms with Crippen LogP contribution in [0.1, 0.15) is 22.4 Å². The molecule has 0 saturated heterocycles. The average Bonchev–Trinajstić information content (AvgIpc) is 2.75. The number of aromatic nitrogens is 2. The molecule has 0 aliphatic rings. The smallest absolute Gasteiger partial charge is 0.433 e. The van der Waals surface area contributed by atoms with Crippen molar-refractivity contribution in [2.45, 2.75) is 26.4 Å². The Bertz CT molecular complexity index is 690. The quantitative estimate of drug-likeness (QED) is 0.947. The van der Waals surface area contributed by atoms with Crippen molar-refractivity contribution in [2.24, 2.45) is 0 Å². The van der Waals surface area contributed by atoms with Crippen LogP contribution in [-0.2, 0) is 17.4 Å². The van der Waals surface area contributed by atoms with E-state index in [1.165, 1.54) is 6.07 Å². The molecule has 0 aliphatic heterocycles. The molecule has 1 aromatic carbocycles. The number of aryl methyl sites for hydroxylation is 2. The van der Waals surface area contributed by atoms with E-state index >= 15 is 0 Å². The van der Waals surface area contributed by atoms with Crippen molar-refractivity contribution >= 4 is 5.97 Å². The van der Waals surface area contributed by atoms with Crippen LogP contribution in [-0.4, -0.2) is 20.9 Å². The van der Waals surface area contributed by atoms with Crippen molar-refractivity contribution in [1.29, 1.82) is 0 Å². The van der Waals surface area contributed by atoms with Crippen LogP contribution in [0.2, 0.25) is 0 Å². The van der Waals surface area contributed by atoms with Crippen LogP contribution in [0.15, 0.2) is 24.4 Å². The van der Waals surface area contributed by atoms with Crippen molar-refractivity contribution in [3.05, 3.63) is 46.8 Å². The number of alkyl halides is 3. The van der Waals surface area contributed by atoms with Gasteiger partial charge in [-0.25, -0.2) is 4.68 Å². The SMILES string of the molecule is Cc1ccc(-n2ncc(CC(=O)O)c2C(F)(F)F)cc1C. The van der Waals surface area contributed by atoms with Gasteiger partial charge in [0.25, 0.3) is 0 Å². The van der Waals surface area contributed by atoms with Gasteiger partial charge in [0.2, 0.25) is 0 Å². The summed E-state index contributed by atoms with van der Waals surface area (Å²) in [5.74, 6) is -1.33. The highest BCUT2D eigenvalue weighted by Crippen LogP contribution is 2.34. The first-order valence-corrected chi connectivity index (χ1v) is 6.13. The lowest BCUT2D eigenvalue weighted by Gasteiger charge is -2.13. The van der Waals surface area contributed by atoms with Crippen molar-refractivity contribution < 1.29 is 23.1 Å². The number of nitrogens with zero attached hydrogens (tertiary/aromatic N) is 2.